The zero-order valence-corrected chi connectivity index (χ0v) is 13.4. The summed E-state index contributed by atoms with van der Waals surface area (Å²) >= 11 is 0. The van der Waals surface area contributed by atoms with Crippen molar-refractivity contribution in [2.45, 2.75) is 18.9 Å². The van der Waals surface area contributed by atoms with Crippen molar-refractivity contribution in [2.24, 2.45) is 11.7 Å². The number of amides is 1. The fourth-order valence-electron chi connectivity index (χ4n) is 2.64. The Kier molecular flexibility index (Phi) is 5.27. The van der Waals surface area contributed by atoms with Crippen LogP contribution in [0.25, 0.3) is 10.8 Å². The van der Waals surface area contributed by atoms with Crippen LogP contribution in [0.4, 0.5) is 0 Å². The molecule has 22 heavy (non-hydrogen) atoms. The number of carbonyl (C=O) groups excluding carboxylic acids is 1. The highest BCUT2D eigenvalue weighted by Gasteiger charge is 2.28. The number of fused-ring (bicyclic) bond motifs is 1. The Hall–Kier alpha value is -1.78. The summed E-state index contributed by atoms with van der Waals surface area (Å²) in [5, 5.41) is 4.79. The molecule has 2 aromatic rings. The van der Waals surface area contributed by atoms with Crippen LogP contribution in [0.3, 0.4) is 0 Å². The number of carbonyl (C=O) groups is 1. The molecule has 1 saturated carbocycles. The Morgan fingerprint density at radius 3 is 2.59 bits per heavy atom. The van der Waals surface area contributed by atoms with Gasteiger partial charge in [0.15, 0.2) is 0 Å². The van der Waals surface area contributed by atoms with E-state index in [-0.39, 0.29) is 24.4 Å². The zero-order valence-electron chi connectivity index (χ0n) is 12.5. The highest BCUT2D eigenvalue weighted by atomic mass is 35.5. The number of nitrogens with two attached hydrogens (primary N) is 1. The van der Waals surface area contributed by atoms with Crippen molar-refractivity contribution in [3.63, 3.8) is 0 Å². The van der Waals surface area contributed by atoms with Crippen molar-refractivity contribution in [3.8, 4) is 5.75 Å². The van der Waals surface area contributed by atoms with Crippen molar-refractivity contribution in [3.05, 3.63) is 42.0 Å². The molecule has 0 heterocycles. The molecule has 1 unspecified atom stereocenters. The molecule has 0 radical (unpaired) electrons. The first-order valence-corrected chi connectivity index (χ1v) is 7.30. The average Bonchev–Trinajstić information content (AvgIpc) is 3.36. The Labute approximate surface area is 136 Å². The molecule has 1 aliphatic rings. The molecule has 0 aliphatic heterocycles. The third-order valence-corrected chi connectivity index (χ3v) is 4.07. The summed E-state index contributed by atoms with van der Waals surface area (Å²) in [5.41, 5.74) is 6.69. The summed E-state index contributed by atoms with van der Waals surface area (Å²) in [6, 6.07) is 11.5. The molecule has 5 heteroatoms. The Morgan fingerprint density at radius 2 is 1.95 bits per heavy atom. The van der Waals surface area contributed by atoms with Gasteiger partial charge in [-0.25, -0.2) is 0 Å². The summed E-state index contributed by atoms with van der Waals surface area (Å²) in [7, 11) is 1.64. The van der Waals surface area contributed by atoms with Crippen LogP contribution in [0.2, 0.25) is 0 Å². The molecular weight excluding hydrogens is 300 g/mol. The van der Waals surface area contributed by atoms with Crippen molar-refractivity contribution in [2.75, 3.05) is 13.7 Å². The van der Waals surface area contributed by atoms with Gasteiger partial charge in [0, 0.05) is 23.5 Å². The van der Waals surface area contributed by atoms with Crippen LogP contribution in [-0.4, -0.2) is 25.6 Å². The van der Waals surface area contributed by atoms with Gasteiger partial charge in [0.25, 0.3) is 5.91 Å². The predicted octanol–water partition coefficient (Wildman–Crippen LogP) is 2.74. The van der Waals surface area contributed by atoms with E-state index in [1.54, 1.807) is 13.2 Å². The van der Waals surface area contributed by atoms with Crippen LogP contribution >= 0.6 is 12.4 Å². The third-order valence-electron chi connectivity index (χ3n) is 4.07. The van der Waals surface area contributed by atoms with Crippen LogP contribution in [0.15, 0.2) is 36.4 Å². The minimum atomic E-state index is -0.0787. The number of rotatable bonds is 5. The summed E-state index contributed by atoms with van der Waals surface area (Å²) in [4.78, 5) is 12.4. The van der Waals surface area contributed by atoms with E-state index in [0.29, 0.717) is 18.0 Å². The van der Waals surface area contributed by atoms with E-state index < -0.39 is 0 Å². The Balaban J connectivity index is 0.00000176. The number of methoxy groups -OCH3 is 1. The molecule has 0 aromatic heterocycles. The quantitative estimate of drug-likeness (QED) is 0.890. The molecule has 4 nitrogen and oxygen atoms in total. The smallest absolute Gasteiger partial charge is 0.251 e. The second-order valence-corrected chi connectivity index (χ2v) is 5.57. The van der Waals surface area contributed by atoms with Gasteiger partial charge in [-0.3, -0.25) is 4.79 Å². The molecule has 0 saturated heterocycles. The van der Waals surface area contributed by atoms with Crippen molar-refractivity contribution < 1.29 is 9.53 Å². The van der Waals surface area contributed by atoms with Crippen LogP contribution in [-0.2, 0) is 0 Å². The van der Waals surface area contributed by atoms with Crippen molar-refractivity contribution in [1.82, 2.24) is 5.32 Å². The first-order chi connectivity index (χ1) is 10.2. The van der Waals surface area contributed by atoms with Crippen LogP contribution < -0.4 is 15.8 Å². The summed E-state index contributed by atoms with van der Waals surface area (Å²) in [6.07, 6.45) is 2.37. The lowest BCUT2D eigenvalue weighted by Crippen LogP contribution is -2.38. The number of halogens is 1. The van der Waals surface area contributed by atoms with Crippen LogP contribution in [0.5, 0.6) is 5.75 Å². The second-order valence-electron chi connectivity index (χ2n) is 5.57. The van der Waals surface area contributed by atoms with Crippen molar-refractivity contribution >= 4 is 29.1 Å². The van der Waals surface area contributed by atoms with E-state index in [0.717, 1.165) is 16.5 Å². The monoisotopic (exact) mass is 320 g/mol. The molecule has 3 N–H and O–H groups in total. The van der Waals surface area contributed by atoms with Gasteiger partial charge in [0.2, 0.25) is 0 Å². The molecule has 1 atom stereocenters. The Morgan fingerprint density at radius 1 is 1.27 bits per heavy atom. The van der Waals surface area contributed by atoms with Gasteiger partial charge in [-0.05, 0) is 36.3 Å². The molecular formula is C17H21ClN2O2. The van der Waals surface area contributed by atoms with E-state index in [4.69, 9.17) is 10.5 Å². The third kappa shape index (κ3) is 3.34. The molecule has 1 fully saturated rings. The van der Waals surface area contributed by atoms with Gasteiger partial charge in [-0.15, -0.1) is 12.4 Å². The molecule has 0 spiro atoms. The molecule has 1 aliphatic carbocycles. The van der Waals surface area contributed by atoms with E-state index in [1.165, 1.54) is 12.8 Å². The standard InChI is InChI=1S/C17H20N2O2.ClH/c1-21-16-9-8-14(12-4-2-3-5-13(12)16)17(20)19-10-15(18)11-6-7-11;/h2-5,8-9,11,15H,6-7,10,18H2,1H3,(H,19,20);1H. The molecule has 1 amide bonds. The molecule has 0 bridgehead atoms. The molecule has 2 aromatic carbocycles. The lowest BCUT2D eigenvalue weighted by molar-refractivity contribution is 0.0952. The lowest BCUT2D eigenvalue weighted by atomic mass is 10.0. The first-order valence-electron chi connectivity index (χ1n) is 7.30. The molecule has 118 valence electrons. The zero-order chi connectivity index (χ0) is 14.8. The van der Waals surface area contributed by atoms with Gasteiger partial charge >= 0.3 is 0 Å². The molecule has 3 rings (SSSR count). The fourth-order valence-corrected chi connectivity index (χ4v) is 2.64. The van der Waals surface area contributed by atoms with Gasteiger partial charge < -0.3 is 15.8 Å². The fraction of sp³-hybridized carbons (Fsp3) is 0.353. The number of benzene rings is 2. The first kappa shape index (κ1) is 16.6. The van der Waals surface area contributed by atoms with Crippen LogP contribution in [0.1, 0.15) is 23.2 Å². The lowest BCUT2D eigenvalue weighted by Gasteiger charge is -2.13. The number of nitrogens with one attached hydrogen (secondary N) is 1. The maximum Gasteiger partial charge on any atom is 0.251 e. The highest BCUT2D eigenvalue weighted by Crippen LogP contribution is 2.31. The van der Waals surface area contributed by atoms with E-state index in [1.807, 2.05) is 30.3 Å². The van der Waals surface area contributed by atoms with Crippen LogP contribution in [0, 0.1) is 5.92 Å². The predicted molar refractivity (Wildman–Crippen MR) is 90.8 cm³/mol. The SMILES string of the molecule is COc1ccc(C(=O)NCC(N)C2CC2)c2ccccc12.Cl. The average molecular weight is 321 g/mol. The van der Waals surface area contributed by atoms with Gasteiger partial charge in [0.05, 0.1) is 7.11 Å². The minimum Gasteiger partial charge on any atom is -0.496 e. The van der Waals surface area contributed by atoms with Gasteiger partial charge in [0.1, 0.15) is 5.75 Å². The largest absolute Gasteiger partial charge is 0.496 e. The number of hydrogen-bond acceptors (Lipinski definition) is 3. The number of ether oxygens (including phenoxy) is 1. The summed E-state index contributed by atoms with van der Waals surface area (Å²) < 4.78 is 5.35. The van der Waals surface area contributed by atoms with Gasteiger partial charge in [-0.2, -0.15) is 0 Å². The maximum absolute atomic E-state index is 12.4. The second kappa shape index (κ2) is 6.99. The van der Waals surface area contributed by atoms with Gasteiger partial charge in [-0.1, -0.05) is 24.3 Å². The van der Waals surface area contributed by atoms with Crippen molar-refractivity contribution in [1.29, 1.82) is 0 Å². The Bertz CT molecular complexity index is 671. The van der Waals surface area contributed by atoms with E-state index in [9.17, 15) is 4.79 Å². The summed E-state index contributed by atoms with van der Waals surface area (Å²) in [6.45, 7) is 0.532. The minimum absolute atomic E-state index is 0. The highest BCUT2D eigenvalue weighted by molar-refractivity contribution is 6.08. The van der Waals surface area contributed by atoms with E-state index >= 15 is 0 Å². The summed E-state index contributed by atoms with van der Waals surface area (Å²) in [5.74, 6) is 1.28. The maximum atomic E-state index is 12.4. The normalized spacial score (nSPS) is 15.0. The topological polar surface area (TPSA) is 64.3 Å². The number of hydrogen-bond donors (Lipinski definition) is 2. The van der Waals surface area contributed by atoms with E-state index in [2.05, 4.69) is 5.32 Å².